The van der Waals surface area contributed by atoms with Crippen molar-refractivity contribution in [2.75, 3.05) is 0 Å². The molecule has 0 saturated carbocycles. The molecule has 7 heteroatoms. The van der Waals surface area contributed by atoms with Crippen LogP contribution in [0.3, 0.4) is 0 Å². The molecule has 0 amide bonds. The molecular formula is Au6Sm. The van der Waals surface area contributed by atoms with Gasteiger partial charge in [0.25, 0.3) is 0 Å². The molecule has 0 aromatic carbocycles. The van der Waals surface area contributed by atoms with E-state index in [0.717, 1.165) is 0 Å². The van der Waals surface area contributed by atoms with E-state index in [2.05, 4.69) is 0 Å². The molecule has 0 aliphatic heterocycles. The SMILES string of the molecule is [Au].[Au].[Au].[Au].[Au].[Au].[Sm]. The van der Waals surface area contributed by atoms with Crippen molar-refractivity contribution in [1.29, 1.82) is 0 Å². The minimum Gasteiger partial charge on any atom is 0 e. The molecule has 0 N–H and O–H groups in total. The van der Waals surface area contributed by atoms with Crippen molar-refractivity contribution in [3.63, 3.8) is 0 Å². The molecule has 0 aromatic heterocycles. The summed E-state index contributed by atoms with van der Waals surface area (Å²) in [5.74, 6) is 0. The van der Waals surface area contributed by atoms with Gasteiger partial charge in [-0.1, -0.05) is 0 Å². The Bertz CT molecular complexity index is 4.14. The topological polar surface area (TPSA) is 0 Å². The Labute approximate surface area is 170 Å². The molecule has 0 aromatic rings. The molecule has 0 spiro atoms. The smallest absolute Gasteiger partial charge is 0 e. The first-order valence-electron chi connectivity index (χ1n) is 0. The molecule has 0 unspecified atom stereocenters. The van der Waals surface area contributed by atoms with Gasteiger partial charge in [-0.2, -0.15) is 0 Å². The summed E-state index contributed by atoms with van der Waals surface area (Å²) in [7, 11) is 0. The molecule has 0 fully saturated rings. The summed E-state index contributed by atoms with van der Waals surface area (Å²) >= 11 is 0. The van der Waals surface area contributed by atoms with Crippen LogP contribution in [0.15, 0.2) is 0 Å². The van der Waals surface area contributed by atoms with Crippen molar-refractivity contribution in [3.05, 3.63) is 0 Å². The van der Waals surface area contributed by atoms with Crippen LogP contribution in [-0.4, -0.2) is 0 Å². The van der Waals surface area contributed by atoms with Crippen LogP contribution in [0, 0.1) is 40.4 Å². The summed E-state index contributed by atoms with van der Waals surface area (Å²) in [5, 5.41) is 0. The zero-order valence-corrected chi connectivity index (χ0v) is 17.8. The second-order valence-electron chi connectivity index (χ2n) is 0. The molecule has 6 radical (unpaired) electrons. The van der Waals surface area contributed by atoms with Crippen LogP contribution in [0.2, 0.25) is 0 Å². The Balaban J connectivity index is 0. The van der Waals surface area contributed by atoms with E-state index >= 15 is 0 Å². The molecule has 0 aliphatic rings. The standard InChI is InChI=1S/6Au.Sm. The largest absolute Gasteiger partial charge is 0 e. The van der Waals surface area contributed by atoms with Gasteiger partial charge in [-0.25, -0.2) is 0 Å². The first-order chi connectivity index (χ1) is 0. The van der Waals surface area contributed by atoms with Crippen LogP contribution in [0.4, 0.5) is 0 Å². The number of rotatable bonds is 0. The van der Waals surface area contributed by atoms with Gasteiger partial charge in [-0.05, 0) is 0 Å². The van der Waals surface area contributed by atoms with Gasteiger partial charge >= 0.3 is 0 Å². The van der Waals surface area contributed by atoms with E-state index in [1.807, 2.05) is 0 Å². The van der Waals surface area contributed by atoms with Crippen LogP contribution >= 0.6 is 0 Å². The third-order valence-corrected chi connectivity index (χ3v) is 0. The molecule has 0 heterocycles. The summed E-state index contributed by atoms with van der Waals surface area (Å²) in [6.45, 7) is 0. The number of hydrogen-bond donors (Lipinski definition) is 0. The molecule has 0 bridgehead atoms. The van der Waals surface area contributed by atoms with Gasteiger partial charge in [0.05, 0.1) is 0 Å². The fraction of sp³-hybridized carbons (Fsp3) is 0. The summed E-state index contributed by atoms with van der Waals surface area (Å²) in [4.78, 5) is 0. The van der Waals surface area contributed by atoms with Crippen LogP contribution in [-0.2, 0) is 134 Å². The fourth-order valence-corrected chi connectivity index (χ4v) is 0. The summed E-state index contributed by atoms with van der Waals surface area (Å²) in [6.07, 6.45) is 0. The number of hydrogen-bond acceptors (Lipinski definition) is 0. The average Bonchev–Trinajstić information content (AvgIpc) is 0. The molecular weight excluding hydrogens is 1330 g/mol. The molecule has 0 saturated heterocycles. The minimum absolute atomic E-state index is 0. The van der Waals surface area contributed by atoms with Crippen LogP contribution in [0.25, 0.3) is 0 Å². The van der Waals surface area contributed by atoms with Gasteiger partial charge in [0.15, 0.2) is 0 Å². The van der Waals surface area contributed by atoms with E-state index in [0.29, 0.717) is 0 Å². The first-order valence-corrected chi connectivity index (χ1v) is 0. The van der Waals surface area contributed by atoms with Crippen molar-refractivity contribution in [2.45, 2.75) is 0 Å². The van der Waals surface area contributed by atoms with Crippen molar-refractivity contribution < 1.29 is 175 Å². The van der Waals surface area contributed by atoms with Crippen molar-refractivity contribution in [3.8, 4) is 0 Å². The van der Waals surface area contributed by atoms with Crippen molar-refractivity contribution in [2.24, 2.45) is 0 Å². The van der Waals surface area contributed by atoms with Gasteiger partial charge in [0, 0.05) is 175 Å². The predicted octanol–water partition coefficient (Wildman–Crippen LogP) is -0.0150. The molecule has 7 heavy (non-hydrogen) atoms. The van der Waals surface area contributed by atoms with Gasteiger partial charge in [-0.3, -0.25) is 0 Å². The second-order valence-corrected chi connectivity index (χ2v) is 0. The van der Waals surface area contributed by atoms with E-state index in [9.17, 15) is 0 Å². The maximum absolute atomic E-state index is 0. The second kappa shape index (κ2) is 41.0. The van der Waals surface area contributed by atoms with Crippen LogP contribution in [0.1, 0.15) is 0 Å². The van der Waals surface area contributed by atoms with Gasteiger partial charge < -0.3 is 0 Å². The zero-order valence-electron chi connectivity index (χ0n) is 2.22. The molecule has 0 nitrogen and oxygen atoms in total. The summed E-state index contributed by atoms with van der Waals surface area (Å²) < 4.78 is 0. The van der Waals surface area contributed by atoms with Crippen molar-refractivity contribution in [1.82, 2.24) is 0 Å². The minimum atomic E-state index is 0. The van der Waals surface area contributed by atoms with Gasteiger partial charge in [-0.15, -0.1) is 0 Å². The van der Waals surface area contributed by atoms with Crippen LogP contribution < -0.4 is 0 Å². The Hall–Kier alpha value is 5.78. The normalized spacial score (nSPS) is 0. The Kier molecular flexibility index (Phi) is 311. The van der Waals surface area contributed by atoms with Crippen LogP contribution in [0.5, 0.6) is 0 Å². The zero-order chi connectivity index (χ0) is 0. The molecule has 0 aliphatic carbocycles. The van der Waals surface area contributed by atoms with Gasteiger partial charge in [0.2, 0.25) is 0 Å². The van der Waals surface area contributed by atoms with Gasteiger partial charge in [0.1, 0.15) is 0 Å². The van der Waals surface area contributed by atoms with E-state index in [1.54, 1.807) is 0 Å². The predicted molar refractivity (Wildman–Crippen MR) is 0 cm³/mol. The average molecular weight is 1330 g/mol. The third kappa shape index (κ3) is 33.7. The van der Waals surface area contributed by atoms with E-state index in [-0.39, 0.29) is 175 Å². The molecule has 0 atom stereocenters. The fourth-order valence-electron chi connectivity index (χ4n) is 0. The Morgan fingerprint density at radius 2 is 0.286 bits per heavy atom. The maximum atomic E-state index is 0. The monoisotopic (exact) mass is 1330 g/mol. The van der Waals surface area contributed by atoms with Crippen molar-refractivity contribution >= 4 is 0 Å². The third-order valence-electron chi connectivity index (χ3n) is 0. The maximum Gasteiger partial charge on any atom is 0 e. The van der Waals surface area contributed by atoms with E-state index < -0.39 is 0 Å². The Morgan fingerprint density at radius 1 is 0.286 bits per heavy atom. The molecule has 72 valence electrons. The van der Waals surface area contributed by atoms with E-state index in [4.69, 9.17) is 0 Å². The summed E-state index contributed by atoms with van der Waals surface area (Å²) in [5.41, 5.74) is 0. The first kappa shape index (κ1) is 53.1. The quantitative estimate of drug-likeness (QED) is 0.300. The van der Waals surface area contributed by atoms with E-state index in [1.165, 1.54) is 0 Å². The summed E-state index contributed by atoms with van der Waals surface area (Å²) in [6, 6.07) is 0. The Morgan fingerprint density at radius 3 is 0.286 bits per heavy atom. The molecule has 0 rings (SSSR count).